The summed E-state index contributed by atoms with van der Waals surface area (Å²) in [6.45, 7) is 8.67. The normalized spacial score (nSPS) is 14.6. The van der Waals surface area contributed by atoms with Gasteiger partial charge in [-0.3, -0.25) is 4.98 Å². The van der Waals surface area contributed by atoms with Gasteiger partial charge in [0.25, 0.3) is 0 Å². The monoisotopic (exact) mass is 250 g/mol. The van der Waals surface area contributed by atoms with Gasteiger partial charge in [0.2, 0.25) is 0 Å². The van der Waals surface area contributed by atoms with Gasteiger partial charge in [-0.05, 0) is 37.8 Å². The van der Waals surface area contributed by atoms with Crippen molar-refractivity contribution < 1.29 is 5.11 Å². The van der Waals surface area contributed by atoms with E-state index in [-0.39, 0.29) is 0 Å². The Bertz CT molecular complexity index is 348. The number of hydrogen-bond donors (Lipinski definition) is 1. The molecule has 1 N–H and O–H groups in total. The Hall–Kier alpha value is -1.09. The fourth-order valence-electron chi connectivity index (χ4n) is 2.11. The summed E-state index contributed by atoms with van der Waals surface area (Å²) >= 11 is 0. The first-order chi connectivity index (χ1) is 8.45. The number of aromatic nitrogens is 1. The lowest BCUT2D eigenvalue weighted by Crippen LogP contribution is -2.30. The van der Waals surface area contributed by atoms with E-state index in [9.17, 15) is 5.11 Å². The molecule has 2 atom stereocenters. The molecule has 18 heavy (non-hydrogen) atoms. The summed E-state index contributed by atoms with van der Waals surface area (Å²) in [6, 6.07) is 4.45. The van der Waals surface area contributed by atoms with Crippen LogP contribution >= 0.6 is 0 Å². The van der Waals surface area contributed by atoms with Crippen LogP contribution in [0.4, 0.5) is 5.69 Å². The summed E-state index contributed by atoms with van der Waals surface area (Å²) < 4.78 is 0. The fourth-order valence-corrected chi connectivity index (χ4v) is 2.11. The Morgan fingerprint density at radius 1 is 1.28 bits per heavy atom. The van der Waals surface area contributed by atoms with Crippen molar-refractivity contribution in [1.82, 2.24) is 4.98 Å². The van der Waals surface area contributed by atoms with Gasteiger partial charge in [-0.15, -0.1) is 0 Å². The largest absolute Gasteiger partial charge is 0.387 e. The van der Waals surface area contributed by atoms with Crippen molar-refractivity contribution in [3.63, 3.8) is 0 Å². The first kappa shape index (κ1) is 15.0. The fraction of sp³-hybridized carbons (Fsp3) is 0.667. The molecular weight excluding hydrogens is 224 g/mol. The summed E-state index contributed by atoms with van der Waals surface area (Å²) in [5, 5.41) is 9.71. The molecule has 3 nitrogen and oxygen atoms in total. The molecule has 1 heterocycles. The van der Waals surface area contributed by atoms with Crippen LogP contribution in [0.3, 0.4) is 0 Å². The van der Waals surface area contributed by atoms with E-state index in [1.54, 1.807) is 0 Å². The Morgan fingerprint density at radius 2 is 1.94 bits per heavy atom. The molecule has 3 heteroatoms. The van der Waals surface area contributed by atoms with E-state index in [1.165, 1.54) is 0 Å². The topological polar surface area (TPSA) is 36.4 Å². The van der Waals surface area contributed by atoms with Crippen LogP contribution < -0.4 is 4.90 Å². The van der Waals surface area contributed by atoms with Crippen LogP contribution in [0.25, 0.3) is 0 Å². The van der Waals surface area contributed by atoms with Gasteiger partial charge in [0.15, 0.2) is 0 Å². The number of aliphatic hydroxyl groups is 1. The van der Waals surface area contributed by atoms with Crippen molar-refractivity contribution in [2.75, 3.05) is 11.9 Å². The van der Waals surface area contributed by atoms with E-state index in [1.807, 2.05) is 25.3 Å². The van der Waals surface area contributed by atoms with Crippen molar-refractivity contribution >= 4 is 5.69 Å². The Balaban J connectivity index is 2.72. The van der Waals surface area contributed by atoms with Crippen molar-refractivity contribution in [3.05, 3.63) is 24.0 Å². The maximum Gasteiger partial charge on any atom is 0.0957 e. The second-order valence-electron chi connectivity index (χ2n) is 5.45. The van der Waals surface area contributed by atoms with Crippen LogP contribution in [0.5, 0.6) is 0 Å². The lowest BCUT2D eigenvalue weighted by molar-refractivity contribution is 0.169. The van der Waals surface area contributed by atoms with E-state index in [0.29, 0.717) is 18.4 Å². The summed E-state index contributed by atoms with van der Waals surface area (Å²) in [7, 11) is 2.10. The van der Waals surface area contributed by atoms with Crippen LogP contribution in [-0.4, -0.2) is 23.2 Å². The molecule has 0 radical (unpaired) electrons. The molecule has 0 aliphatic rings. The summed E-state index contributed by atoms with van der Waals surface area (Å²) in [4.78, 5) is 6.59. The predicted molar refractivity (Wildman–Crippen MR) is 76.8 cm³/mol. The lowest BCUT2D eigenvalue weighted by Gasteiger charge is -2.28. The minimum absolute atomic E-state index is 0.447. The van der Waals surface area contributed by atoms with Crippen LogP contribution in [0, 0.1) is 5.92 Å². The number of nitrogens with zero attached hydrogens (tertiary/aromatic N) is 2. The molecule has 0 amide bonds. The van der Waals surface area contributed by atoms with Gasteiger partial charge in [-0.25, -0.2) is 0 Å². The maximum atomic E-state index is 9.71. The smallest absolute Gasteiger partial charge is 0.0957 e. The third-order valence-electron chi connectivity index (χ3n) is 3.38. The van der Waals surface area contributed by atoms with Gasteiger partial charge in [0, 0.05) is 13.1 Å². The highest BCUT2D eigenvalue weighted by Gasteiger charge is 2.13. The molecule has 0 aliphatic carbocycles. The first-order valence-corrected chi connectivity index (χ1v) is 6.82. The summed E-state index contributed by atoms with van der Waals surface area (Å²) in [6.07, 6.45) is 3.27. The maximum absolute atomic E-state index is 9.71. The predicted octanol–water partition coefficient (Wildman–Crippen LogP) is 3.40. The summed E-state index contributed by atoms with van der Waals surface area (Å²) in [5.74, 6) is 0.691. The highest BCUT2D eigenvalue weighted by atomic mass is 16.3. The third-order valence-corrected chi connectivity index (χ3v) is 3.38. The number of anilines is 1. The molecule has 102 valence electrons. The first-order valence-electron chi connectivity index (χ1n) is 6.82. The number of aliphatic hydroxyl groups excluding tert-OH is 1. The molecule has 0 bridgehead atoms. The SMILES string of the molecule is CC[C@@H](O)c1ccc(N(C)C(C)CC(C)C)cn1. The zero-order valence-corrected chi connectivity index (χ0v) is 12.2. The highest BCUT2D eigenvalue weighted by Crippen LogP contribution is 2.20. The van der Waals surface area contributed by atoms with Crippen LogP contribution in [0.1, 0.15) is 52.3 Å². The zero-order valence-electron chi connectivity index (χ0n) is 12.2. The molecule has 1 unspecified atom stereocenters. The molecule has 0 spiro atoms. The van der Waals surface area contributed by atoms with Gasteiger partial charge in [-0.1, -0.05) is 20.8 Å². The molecule has 1 rings (SSSR count). The van der Waals surface area contributed by atoms with Gasteiger partial charge in [0.1, 0.15) is 0 Å². The molecule has 1 aromatic rings. The minimum atomic E-state index is -0.447. The average molecular weight is 250 g/mol. The molecule has 0 fully saturated rings. The third kappa shape index (κ3) is 3.98. The molecule has 0 aliphatic heterocycles. The van der Waals surface area contributed by atoms with Crippen LogP contribution in [0.2, 0.25) is 0 Å². The molecule has 0 aromatic carbocycles. The van der Waals surface area contributed by atoms with Crippen molar-refractivity contribution in [2.45, 2.75) is 52.7 Å². The molecular formula is C15H26N2O. The van der Waals surface area contributed by atoms with Gasteiger partial charge in [0.05, 0.1) is 23.7 Å². The van der Waals surface area contributed by atoms with Gasteiger partial charge < -0.3 is 10.0 Å². The van der Waals surface area contributed by atoms with Gasteiger partial charge in [-0.2, -0.15) is 0 Å². The van der Waals surface area contributed by atoms with E-state index in [4.69, 9.17) is 0 Å². The van der Waals surface area contributed by atoms with Crippen molar-refractivity contribution in [3.8, 4) is 0 Å². The summed E-state index contributed by atoms with van der Waals surface area (Å²) in [5.41, 5.74) is 1.86. The zero-order chi connectivity index (χ0) is 13.7. The standard InChI is InChI=1S/C15H26N2O/c1-6-15(18)14-8-7-13(10-16-14)17(5)12(4)9-11(2)3/h7-8,10-12,15,18H,6,9H2,1-5H3/t12?,15-/m1/s1. The second-order valence-corrected chi connectivity index (χ2v) is 5.45. The van der Waals surface area contributed by atoms with E-state index < -0.39 is 6.10 Å². The number of hydrogen-bond acceptors (Lipinski definition) is 3. The Labute approximate surface area is 111 Å². The molecule has 0 saturated heterocycles. The second kappa shape index (κ2) is 6.74. The number of pyridine rings is 1. The van der Waals surface area contributed by atoms with Gasteiger partial charge >= 0.3 is 0 Å². The Morgan fingerprint density at radius 3 is 2.39 bits per heavy atom. The van der Waals surface area contributed by atoms with Crippen LogP contribution in [0.15, 0.2) is 18.3 Å². The van der Waals surface area contributed by atoms with Crippen LogP contribution in [-0.2, 0) is 0 Å². The van der Waals surface area contributed by atoms with E-state index >= 15 is 0 Å². The lowest BCUT2D eigenvalue weighted by atomic mass is 10.0. The molecule has 1 aromatic heterocycles. The Kier molecular flexibility index (Phi) is 5.60. The van der Waals surface area contributed by atoms with Crippen molar-refractivity contribution in [1.29, 1.82) is 0 Å². The van der Waals surface area contributed by atoms with Crippen molar-refractivity contribution in [2.24, 2.45) is 5.92 Å². The van der Waals surface area contributed by atoms with E-state index in [0.717, 1.165) is 17.8 Å². The highest BCUT2D eigenvalue weighted by molar-refractivity contribution is 5.44. The number of rotatable bonds is 6. The van der Waals surface area contributed by atoms with E-state index in [2.05, 4.69) is 37.7 Å². The average Bonchev–Trinajstić information content (AvgIpc) is 2.36. The quantitative estimate of drug-likeness (QED) is 0.840. The minimum Gasteiger partial charge on any atom is -0.387 e. The molecule has 0 saturated carbocycles.